The van der Waals surface area contributed by atoms with Gasteiger partial charge in [-0.15, -0.1) is 11.8 Å². The summed E-state index contributed by atoms with van der Waals surface area (Å²) in [5, 5.41) is 0. The Morgan fingerprint density at radius 1 is 0.889 bits per heavy atom. The van der Waals surface area contributed by atoms with Gasteiger partial charge < -0.3 is 14.4 Å². The quantitative estimate of drug-likeness (QED) is 0.527. The van der Waals surface area contributed by atoms with Crippen molar-refractivity contribution in [3.05, 3.63) is 47.5 Å². The zero-order valence-electron chi connectivity index (χ0n) is 20.6. The SMILES string of the molecule is CSc1ccc(S(=O)(=O)N2CCN(Cc3ccc4c(c3)OCO4)CC2)cc1C(=O)N1CCCCCC1. The number of thioether (sulfide) groups is 1. The summed E-state index contributed by atoms with van der Waals surface area (Å²) in [7, 11) is -3.70. The molecular weight excluding hydrogens is 498 g/mol. The van der Waals surface area contributed by atoms with E-state index in [0.29, 0.717) is 31.7 Å². The average molecular weight is 532 g/mol. The molecule has 3 aliphatic rings. The van der Waals surface area contributed by atoms with E-state index < -0.39 is 10.0 Å². The summed E-state index contributed by atoms with van der Waals surface area (Å²) in [5.41, 5.74) is 1.60. The van der Waals surface area contributed by atoms with Crippen LogP contribution in [0.15, 0.2) is 46.2 Å². The minimum Gasteiger partial charge on any atom is -0.454 e. The lowest BCUT2D eigenvalue weighted by molar-refractivity contribution is 0.0758. The van der Waals surface area contributed by atoms with Gasteiger partial charge in [-0.05, 0) is 55.0 Å². The van der Waals surface area contributed by atoms with Crippen molar-refractivity contribution in [3.8, 4) is 11.5 Å². The van der Waals surface area contributed by atoms with Crippen LogP contribution in [0.3, 0.4) is 0 Å². The van der Waals surface area contributed by atoms with Crippen LogP contribution in [0.5, 0.6) is 11.5 Å². The van der Waals surface area contributed by atoms with Crippen molar-refractivity contribution in [2.75, 3.05) is 52.3 Å². The van der Waals surface area contributed by atoms with Crippen molar-refractivity contribution < 1.29 is 22.7 Å². The van der Waals surface area contributed by atoms with E-state index in [1.165, 1.54) is 16.1 Å². The van der Waals surface area contributed by atoms with E-state index in [0.717, 1.165) is 67.3 Å². The number of carbonyl (C=O) groups excluding carboxylic acids is 1. The van der Waals surface area contributed by atoms with Gasteiger partial charge in [-0.25, -0.2) is 8.42 Å². The number of ether oxygens (including phenoxy) is 2. The normalized spacial score (nSPS) is 19.3. The summed E-state index contributed by atoms with van der Waals surface area (Å²) in [5.74, 6) is 1.45. The van der Waals surface area contributed by atoms with Crippen molar-refractivity contribution in [2.24, 2.45) is 0 Å². The summed E-state index contributed by atoms with van der Waals surface area (Å²) < 4.78 is 39.5. The summed E-state index contributed by atoms with van der Waals surface area (Å²) in [4.78, 5) is 18.5. The van der Waals surface area contributed by atoms with Gasteiger partial charge in [0, 0.05) is 50.7 Å². The van der Waals surface area contributed by atoms with Gasteiger partial charge in [-0.3, -0.25) is 9.69 Å². The maximum absolute atomic E-state index is 13.5. The maximum Gasteiger partial charge on any atom is 0.255 e. The lowest BCUT2D eigenvalue weighted by Gasteiger charge is -2.34. The molecule has 2 aromatic rings. The molecule has 0 spiro atoms. The number of likely N-dealkylation sites (tertiary alicyclic amines) is 1. The molecule has 194 valence electrons. The molecule has 0 bridgehead atoms. The van der Waals surface area contributed by atoms with Crippen molar-refractivity contribution in [2.45, 2.75) is 42.0 Å². The zero-order valence-corrected chi connectivity index (χ0v) is 22.3. The zero-order chi connectivity index (χ0) is 25.1. The van der Waals surface area contributed by atoms with Gasteiger partial charge in [-0.1, -0.05) is 18.9 Å². The van der Waals surface area contributed by atoms with Crippen molar-refractivity contribution in [3.63, 3.8) is 0 Å². The molecule has 2 aromatic carbocycles. The molecule has 36 heavy (non-hydrogen) atoms. The molecule has 0 unspecified atom stereocenters. The van der Waals surface area contributed by atoms with Crippen molar-refractivity contribution in [1.82, 2.24) is 14.1 Å². The number of benzene rings is 2. The first-order valence-corrected chi connectivity index (χ1v) is 15.2. The van der Waals surface area contributed by atoms with Crippen LogP contribution in [0.25, 0.3) is 0 Å². The molecule has 0 aromatic heterocycles. The topological polar surface area (TPSA) is 79.4 Å². The van der Waals surface area contributed by atoms with Crippen LogP contribution in [-0.2, 0) is 16.6 Å². The standard InChI is InChI=1S/C26H33N3O5S2/c1-35-25-9-7-21(17-22(25)26(30)28-10-4-2-3-5-11-28)36(31,32)29-14-12-27(13-15-29)18-20-6-8-23-24(16-20)34-19-33-23/h6-9,16-17H,2-5,10-15,18-19H2,1H3. The average Bonchev–Trinajstić information content (AvgIpc) is 3.19. The fourth-order valence-corrected chi connectivity index (χ4v) is 7.05. The second-order valence-corrected chi connectivity index (χ2v) is 12.2. The van der Waals surface area contributed by atoms with Crippen LogP contribution in [0.1, 0.15) is 41.6 Å². The van der Waals surface area contributed by atoms with Crippen LogP contribution in [0.4, 0.5) is 0 Å². The molecule has 8 nitrogen and oxygen atoms in total. The second kappa shape index (κ2) is 11.0. The van der Waals surface area contributed by atoms with Crippen LogP contribution in [-0.4, -0.2) is 80.7 Å². The number of carbonyl (C=O) groups is 1. The molecule has 0 N–H and O–H groups in total. The number of hydrogen-bond acceptors (Lipinski definition) is 7. The highest BCUT2D eigenvalue weighted by Gasteiger charge is 2.30. The van der Waals surface area contributed by atoms with E-state index in [-0.39, 0.29) is 17.6 Å². The third-order valence-electron chi connectivity index (χ3n) is 7.11. The van der Waals surface area contributed by atoms with Crippen molar-refractivity contribution >= 4 is 27.7 Å². The Kier molecular flexibility index (Phi) is 7.76. The Hall–Kier alpha value is -2.27. The number of piperazine rings is 1. The number of rotatable bonds is 6. The number of hydrogen-bond donors (Lipinski definition) is 0. The number of sulfonamides is 1. The first-order chi connectivity index (χ1) is 17.5. The molecule has 10 heteroatoms. The Bertz CT molecular complexity index is 1200. The first-order valence-electron chi connectivity index (χ1n) is 12.5. The third kappa shape index (κ3) is 5.37. The first kappa shape index (κ1) is 25.4. The predicted octanol–water partition coefficient (Wildman–Crippen LogP) is 3.66. The summed E-state index contributed by atoms with van der Waals surface area (Å²) in [6.07, 6.45) is 6.17. The fraction of sp³-hybridized carbons (Fsp3) is 0.500. The monoisotopic (exact) mass is 531 g/mol. The molecule has 5 rings (SSSR count). The Morgan fingerprint density at radius 3 is 2.33 bits per heavy atom. The third-order valence-corrected chi connectivity index (χ3v) is 9.80. The van der Waals surface area contributed by atoms with Gasteiger partial charge in [-0.2, -0.15) is 4.31 Å². The highest BCUT2D eigenvalue weighted by Crippen LogP contribution is 2.33. The minimum atomic E-state index is -3.70. The van der Waals surface area contributed by atoms with E-state index in [2.05, 4.69) is 4.90 Å². The van der Waals surface area contributed by atoms with Crippen molar-refractivity contribution in [1.29, 1.82) is 0 Å². The van der Waals surface area contributed by atoms with E-state index in [1.54, 1.807) is 18.2 Å². The van der Waals surface area contributed by atoms with Crippen LogP contribution in [0, 0.1) is 0 Å². The van der Waals surface area contributed by atoms with Gasteiger partial charge in [0.2, 0.25) is 16.8 Å². The Morgan fingerprint density at radius 2 is 1.61 bits per heavy atom. The molecule has 0 aliphatic carbocycles. The van der Waals surface area contributed by atoms with Gasteiger partial charge in [0.1, 0.15) is 0 Å². The molecule has 0 radical (unpaired) electrons. The summed E-state index contributed by atoms with van der Waals surface area (Å²) >= 11 is 1.48. The van der Waals surface area contributed by atoms with Crippen LogP contribution < -0.4 is 9.47 Å². The largest absolute Gasteiger partial charge is 0.454 e. The van der Waals surface area contributed by atoms with E-state index in [1.807, 2.05) is 29.4 Å². The van der Waals surface area contributed by atoms with Crippen LogP contribution in [0.2, 0.25) is 0 Å². The highest BCUT2D eigenvalue weighted by atomic mass is 32.2. The summed E-state index contributed by atoms with van der Waals surface area (Å²) in [6, 6.07) is 10.9. The lowest BCUT2D eigenvalue weighted by atomic mass is 10.2. The molecular formula is C26H33N3O5S2. The van der Waals surface area contributed by atoms with E-state index >= 15 is 0 Å². The molecule has 3 heterocycles. The summed E-state index contributed by atoms with van der Waals surface area (Å²) in [6.45, 7) is 4.52. The second-order valence-electron chi connectivity index (χ2n) is 9.44. The van der Waals surface area contributed by atoms with Gasteiger partial charge >= 0.3 is 0 Å². The van der Waals surface area contributed by atoms with Crippen LogP contribution >= 0.6 is 11.8 Å². The smallest absolute Gasteiger partial charge is 0.255 e. The van der Waals surface area contributed by atoms with Gasteiger partial charge in [0.15, 0.2) is 11.5 Å². The molecule has 0 saturated carbocycles. The lowest BCUT2D eigenvalue weighted by Crippen LogP contribution is -2.48. The molecule has 3 aliphatic heterocycles. The number of nitrogens with zero attached hydrogens (tertiary/aromatic N) is 3. The fourth-order valence-electron chi connectivity index (χ4n) is 5.03. The molecule has 1 amide bonds. The van der Waals surface area contributed by atoms with E-state index in [9.17, 15) is 13.2 Å². The minimum absolute atomic E-state index is 0.0631. The Labute approximate surface area is 217 Å². The maximum atomic E-state index is 13.5. The Balaban J connectivity index is 1.27. The van der Waals surface area contributed by atoms with E-state index in [4.69, 9.17) is 9.47 Å². The number of amides is 1. The molecule has 0 atom stereocenters. The highest BCUT2D eigenvalue weighted by molar-refractivity contribution is 7.98. The number of fused-ring (bicyclic) bond motifs is 1. The van der Waals surface area contributed by atoms with Gasteiger partial charge in [0.05, 0.1) is 10.5 Å². The van der Waals surface area contributed by atoms with Gasteiger partial charge in [0.25, 0.3) is 5.91 Å². The predicted molar refractivity (Wildman–Crippen MR) is 139 cm³/mol. The molecule has 2 fully saturated rings. The molecule has 2 saturated heterocycles.